The molecule has 0 saturated carbocycles. The Kier molecular flexibility index (Phi) is 4.02. The number of hydrogen-bond acceptors (Lipinski definition) is 1. The third-order valence-electron chi connectivity index (χ3n) is 2.83. The van der Waals surface area contributed by atoms with Gasteiger partial charge in [0.1, 0.15) is 0 Å². The summed E-state index contributed by atoms with van der Waals surface area (Å²) >= 11 is 0. The average molecular weight is 183 g/mol. The van der Waals surface area contributed by atoms with Crippen LogP contribution in [0.4, 0.5) is 0 Å². The lowest BCUT2D eigenvalue weighted by atomic mass is 10.1. The van der Waals surface area contributed by atoms with E-state index in [1.54, 1.807) is 10.8 Å². The molecule has 1 heterocycles. The molecule has 12 heavy (non-hydrogen) atoms. The molecule has 1 nitrogen and oxygen atoms in total. The molecule has 0 spiro atoms. The van der Waals surface area contributed by atoms with Crippen LogP contribution in [0.15, 0.2) is 10.8 Å². The lowest BCUT2D eigenvalue weighted by Gasteiger charge is -2.09. The number of rotatable bonds is 5. The van der Waals surface area contributed by atoms with Gasteiger partial charge in [0.15, 0.2) is 0 Å². The molecule has 0 radical (unpaired) electrons. The van der Waals surface area contributed by atoms with Gasteiger partial charge in [0.2, 0.25) is 0 Å². The zero-order chi connectivity index (χ0) is 8.97. The molecule has 0 unspecified atom stereocenters. The molecule has 0 aromatic carbocycles. The van der Waals surface area contributed by atoms with Crippen LogP contribution in [-0.4, -0.2) is 34.8 Å². The smallest absolute Gasteiger partial charge is 0.0332 e. The highest BCUT2D eigenvalue weighted by atomic mass is 28.1. The molecule has 0 bridgehead atoms. The zero-order valence-electron chi connectivity index (χ0n) is 8.69. The van der Waals surface area contributed by atoms with E-state index in [1.807, 2.05) is 0 Å². The SMILES string of the molecule is CCC([SiH3])=C(CC)CCN1CC1. The van der Waals surface area contributed by atoms with Crippen molar-refractivity contribution in [1.29, 1.82) is 0 Å². The Bertz CT molecular complexity index is 171. The second-order valence-corrected chi connectivity index (χ2v) is 4.89. The molecule has 1 aliphatic heterocycles. The van der Waals surface area contributed by atoms with Crippen molar-refractivity contribution in [3.8, 4) is 0 Å². The first-order valence-corrected chi connectivity index (χ1v) is 6.17. The summed E-state index contributed by atoms with van der Waals surface area (Å²) in [5, 5.41) is 1.75. The molecular weight excluding hydrogens is 162 g/mol. The molecule has 1 rings (SSSR count). The topological polar surface area (TPSA) is 3.01 Å². The maximum Gasteiger partial charge on any atom is 0.0332 e. The predicted molar refractivity (Wildman–Crippen MR) is 58.6 cm³/mol. The molecule has 1 aliphatic rings. The van der Waals surface area contributed by atoms with E-state index in [0.29, 0.717) is 0 Å². The summed E-state index contributed by atoms with van der Waals surface area (Å²) in [6.07, 6.45) is 3.90. The standard InChI is InChI=1S/C10H21NSi/c1-3-9(10(12)4-2)5-6-11-7-8-11/h3-8H2,1-2,12H3. The zero-order valence-corrected chi connectivity index (χ0v) is 10.7. The normalized spacial score (nSPS) is 19.5. The number of hydrogen-bond donors (Lipinski definition) is 0. The Morgan fingerprint density at radius 2 is 1.92 bits per heavy atom. The quantitative estimate of drug-likeness (QED) is 0.456. The van der Waals surface area contributed by atoms with Gasteiger partial charge >= 0.3 is 0 Å². The van der Waals surface area contributed by atoms with Crippen molar-refractivity contribution in [2.45, 2.75) is 33.1 Å². The fraction of sp³-hybridized carbons (Fsp3) is 0.800. The van der Waals surface area contributed by atoms with E-state index in [4.69, 9.17) is 0 Å². The van der Waals surface area contributed by atoms with Crippen LogP contribution in [0.2, 0.25) is 0 Å². The van der Waals surface area contributed by atoms with E-state index >= 15 is 0 Å². The minimum Gasteiger partial charge on any atom is -0.300 e. The van der Waals surface area contributed by atoms with E-state index in [1.165, 1.54) is 49.1 Å². The lowest BCUT2D eigenvalue weighted by Crippen LogP contribution is -2.02. The molecule has 1 saturated heterocycles. The highest BCUT2D eigenvalue weighted by molar-refractivity contribution is 6.21. The first-order valence-electron chi connectivity index (χ1n) is 5.17. The highest BCUT2D eigenvalue weighted by Crippen LogP contribution is 2.16. The van der Waals surface area contributed by atoms with Gasteiger partial charge in [-0.05, 0) is 19.3 Å². The maximum atomic E-state index is 2.51. The van der Waals surface area contributed by atoms with E-state index in [2.05, 4.69) is 18.7 Å². The fourth-order valence-corrected chi connectivity index (χ4v) is 2.13. The molecule has 0 aliphatic carbocycles. The van der Waals surface area contributed by atoms with Crippen LogP contribution in [0.5, 0.6) is 0 Å². The summed E-state index contributed by atoms with van der Waals surface area (Å²) in [7, 11) is 1.27. The first kappa shape index (κ1) is 10.0. The van der Waals surface area contributed by atoms with Crippen molar-refractivity contribution in [1.82, 2.24) is 4.90 Å². The van der Waals surface area contributed by atoms with Gasteiger partial charge in [0.25, 0.3) is 0 Å². The van der Waals surface area contributed by atoms with Crippen molar-refractivity contribution in [3.05, 3.63) is 10.8 Å². The Morgan fingerprint density at radius 1 is 1.25 bits per heavy atom. The van der Waals surface area contributed by atoms with Crippen molar-refractivity contribution in [2.24, 2.45) is 0 Å². The van der Waals surface area contributed by atoms with Crippen molar-refractivity contribution in [3.63, 3.8) is 0 Å². The monoisotopic (exact) mass is 183 g/mol. The molecule has 0 amide bonds. The second-order valence-electron chi connectivity index (χ2n) is 3.68. The molecule has 2 heteroatoms. The maximum absolute atomic E-state index is 2.51. The Labute approximate surface area is 79.3 Å². The van der Waals surface area contributed by atoms with Crippen LogP contribution in [0, 0.1) is 0 Å². The van der Waals surface area contributed by atoms with Crippen LogP contribution in [0.3, 0.4) is 0 Å². The summed E-state index contributed by atoms with van der Waals surface area (Å²) < 4.78 is 0. The van der Waals surface area contributed by atoms with Crippen molar-refractivity contribution >= 4 is 10.2 Å². The summed E-state index contributed by atoms with van der Waals surface area (Å²) in [4.78, 5) is 2.51. The van der Waals surface area contributed by atoms with Gasteiger partial charge in [-0.1, -0.05) is 24.6 Å². The van der Waals surface area contributed by atoms with Crippen LogP contribution in [-0.2, 0) is 0 Å². The molecule has 0 aromatic heterocycles. The van der Waals surface area contributed by atoms with E-state index in [9.17, 15) is 0 Å². The second kappa shape index (κ2) is 4.82. The minimum absolute atomic E-state index is 1.27. The summed E-state index contributed by atoms with van der Waals surface area (Å²) in [5.74, 6) is 0. The van der Waals surface area contributed by atoms with Crippen LogP contribution < -0.4 is 0 Å². The summed E-state index contributed by atoms with van der Waals surface area (Å²) in [6, 6.07) is 0. The van der Waals surface area contributed by atoms with Gasteiger partial charge in [-0.2, -0.15) is 0 Å². The summed E-state index contributed by atoms with van der Waals surface area (Å²) in [6.45, 7) is 8.59. The predicted octanol–water partition coefficient (Wildman–Crippen LogP) is 1.13. The van der Waals surface area contributed by atoms with Gasteiger partial charge in [0.05, 0.1) is 0 Å². The van der Waals surface area contributed by atoms with Gasteiger partial charge < -0.3 is 4.90 Å². The Balaban J connectivity index is 2.32. The van der Waals surface area contributed by atoms with E-state index in [-0.39, 0.29) is 0 Å². The minimum atomic E-state index is 1.27. The van der Waals surface area contributed by atoms with Gasteiger partial charge in [-0.15, -0.1) is 0 Å². The third-order valence-corrected chi connectivity index (χ3v) is 4.24. The fourth-order valence-electron chi connectivity index (χ4n) is 1.53. The molecule has 70 valence electrons. The summed E-state index contributed by atoms with van der Waals surface area (Å²) in [5.41, 5.74) is 1.75. The Hall–Kier alpha value is -0.0831. The van der Waals surface area contributed by atoms with Crippen molar-refractivity contribution < 1.29 is 0 Å². The molecule has 1 fully saturated rings. The molecule has 0 aromatic rings. The number of allylic oxidation sites excluding steroid dienone is 1. The van der Waals surface area contributed by atoms with E-state index in [0.717, 1.165) is 0 Å². The average Bonchev–Trinajstić information content (AvgIpc) is 2.88. The van der Waals surface area contributed by atoms with Crippen LogP contribution in [0.25, 0.3) is 0 Å². The van der Waals surface area contributed by atoms with Gasteiger partial charge in [0, 0.05) is 29.9 Å². The van der Waals surface area contributed by atoms with Crippen molar-refractivity contribution in [2.75, 3.05) is 19.6 Å². The van der Waals surface area contributed by atoms with E-state index < -0.39 is 0 Å². The highest BCUT2D eigenvalue weighted by Gasteiger charge is 2.16. The van der Waals surface area contributed by atoms with Crippen LogP contribution in [0.1, 0.15) is 33.1 Å². The molecular formula is C10H21NSi. The Morgan fingerprint density at radius 3 is 2.33 bits per heavy atom. The number of nitrogens with zero attached hydrogens (tertiary/aromatic N) is 1. The molecule has 0 atom stereocenters. The molecule has 0 N–H and O–H groups in total. The lowest BCUT2D eigenvalue weighted by molar-refractivity contribution is 0.554. The largest absolute Gasteiger partial charge is 0.300 e. The van der Waals surface area contributed by atoms with Gasteiger partial charge in [-0.25, -0.2) is 0 Å². The third kappa shape index (κ3) is 3.11. The first-order chi connectivity index (χ1) is 5.77. The van der Waals surface area contributed by atoms with Gasteiger partial charge in [-0.3, -0.25) is 0 Å². The van der Waals surface area contributed by atoms with Crippen LogP contribution >= 0.6 is 0 Å².